The first-order valence-electron chi connectivity index (χ1n) is 11.2. The van der Waals surface area contributed by atoms with Gasteiger partial charge in [0, 0.05) is 23.1 Å². The molecule has 2 N–H and O–H groups in total. The van der Waals surface area contributed by atoms with Crippen molar-refractivity contribution >= 4 is 35.0 Å². The molecule has 0 heterocycles. The van der Waals surface area contributed by atoms with Crippen LogP contribution in [0.5, 0.6) is 11.5 Å². The monoisotopic (exact) mass is 494 g/mol. The molecule has 0 aromatic heterocycles. The lowest BCUT2D eigenvalue weighted by molar-refractivity contribution is -0.123. The van der Waals surface area contributed by atoms with E-state index in [1.165, 1.54) is 0 Å². The lowest BCUT2D eigenvalue weighted by atomic mass is 10.1. The van der Waals surface area contributed by atoms with Gasteiger partial charge in [-0.25, -0.2) is 0 Å². The highest BCUT2D eigenvalue weighted by Gasteiger charge is 2.06. The minimum atomic E-state index is -0.136. The van der Waals surface area contributed by atoms with Crippen LogP contribution in [0.1, 0.15) is 43.2 Å². The van der Waals surface area contributed by atoms with Gasteiger partial charge in [0.25, 0.3) is 11.8 Å². The number of unbranched alkanes of at least 4 members (excludes halogenated alkanes) is 4. The molecule has 0 bridgehead atoms. The molecule has 180 valence electrons. The molecular formula is C25H32Cl2N2O4. The van der Waals surface area contributed by atoms with Crippen molar-refractivity contribution < 1.29 is 19.1 Å². The first-order chi connectivity index (χ1) is 15.8. The Kier molecular flexibility index (Phi) is 11.9. The van der Waals surface area contributed by atoms with Crippen LogP contribution in [0.25, 0.3) is 0 Å². The lowest BCUT2D eigenvalue weighted by Gasteiger charge is -2.10. The molecular weight excluding hydrogens is 463 g/mol. The molecule has 0 unspecified atom stereocenters. The molecule has 2 amide bonds. The van der Waals surface area contributed by atoms with Crippen LogP contribution in [0.2, 0.25) is 10.0 Å². The van der Waals surface area contributed by atoms with Crippen LogP contribution in [0.15, 0.2) is 36.4 Å². The van der Waals surface area contributed by atoms with Gasteiger partial charge in [0.1, 0.15) is 11.5 Å². The second-order valence-corrected chi connectivity index (χ2v) is 8.74. The summed E-state index contributed by atoms with van der Waals surface area (Å²) < 4.78 is 11.1. The van der Waals surface area contributed by atoms with Crippen LogP contribution < -0.4 is 20.1 Å². The Labute approximate surface area is 205 Å². The smallest absolute Gasteiger partial charge is 0.257 e. The van der Waals surface area contributed by atoms with Crippen LogP contribution in [-0.4, -0.2) is 38.1 Å². The molecule has 0 aliphatic heterocycles. The lowest BCUT2D eigenvalue weighted by Crippen LogP contribution is -2.30. The Hall–Kier alpha value is -2.44. The molecule has 2 rings (SSSR count). The third kappa shape index (κ3) is 10.8. The molecule has 0 saturated carbocycles. The molecule has 6 nitrogen and oxygen atoms in total. The summed E-state index contributed by atoms with van der Waals surface area (Å²) in [5.41, 5.74) is 1.80. The zero-order chi connectivity index (χ0) is 24.1. The molecule has 0 aliphatic rings. The summed E-state index contributed by atoms with van der Waals surface area (Å²) in [4.78, 5) is 23.8. The van der Waals surface area contributed by atoms with Crippen molar-refractivity contribution in [3.8, 4) is 11.5 Å². The molecule has 0 spiro atoms. The molecule has 2 aromatic carbocycles. The van der Waals surface area contributed by atoms with Gasteiger partial charge in [-0.3, -0.25) is 9.59 Å². The van der Waals surface area contributed by atoms with Crippen LogP contribution in [0, 0.1) is 13.8 Å². The standard InChI is InChI=1S/C25H32Cl2N2O4/c1-18-14-20(26)8-10-22(18)32-16-24(30)28-12-6-4-3-5-7-13-29-25(31)17-33-23-11-9-21(27)15-19(23)2/h8-11,14-15H,3-7,12-13,16-17H2,1-2H3,(H,28,30)(H,29,31). The zero-order valence-electron chi connectivity index (χ0n) is 19.2. The van der Waals surface area contributed by atoms with E-state index in [2.05, 4.69) is 10.6 Å². The second-order valence-electron chi connectivity index (χ2n) is 7.86. The largest absolute Gasteiger partial charge is 0.484 e. The van der Waals surface area contributed by atoms with Crippen molar-refractivity contribution in [1.82, 2.24) is 10.6 Å². The van der Waals surface area contributed by atoms with E-state index < -0.39 is 0 Å². The number of carbonyl (C=O) groups excluding carboxylic acids is 2. The number of rotatable bonds is 14. The molecule has 0 aliphatic carbocycles. The van der Waals surface area contributed by atoms with Gasteiger partial charge in [-0.05, 0) is 74.2 Å². The summed E-state index contributed by atoms with van der Waals surface area (Å²) >= 11 is 11.8. The van der Waals surface area contributed by atoms with Crippen LogP contribution >= 0.6 is 23.2 Å². The average molecular weight is 495 g/mol. The summed E-state index contributed by atoms with van der Waals surface area (Å²) in [7, 11) is 0. The molecule has 0 saturated heterocycles. The molecule has 0 radical (unpaired) electrons. The van der Waals surface area contributed by atoms with Gasteiger partial charge in [-0.15, -0.1) is 0 Å². The third-order valence-corrected chi connectivity index (χ3v) is 5.46. The van der Waals surface area contributed by atoms with E-state index in [1.54, 1.807) is 36.4 Å². The van der Waals surface area contributed by atoms with Crippen LogP contribution in [-0.2, 0) is 9.59 Å². The number of hydrogen-bond donors (Lipinski definition) is 2. The maximum Gasteiger partial charge on any atom is 0.257 e. The Morgan fingerprint density at radius 3 is 1.48 bits per heavy atom. The van der Waals surface area contributed by atoms with Gasteiger partial charge < -0.3 is 20.1 Å². The van der Waals surface area contributed by atoms with Crippen LogP contribution in [0.3, 0.4) is 0 Å². The van der Waals surface area contributed by atoms with E-state index in [0.29, 0.717) is 34.6 Å². The summed E-state index contributed by atoms with van der Waals surface area (Å²) in [6, 6.07) is 10.6. The SMILES string of the molecule is Cc1cc(Cl)ccc1OCC(=O)NCCCCCCCNC(=O)COc1ccc(Cl)cc1C. The maximum atomic E-state index is 11.9. The highest BCUT2D eigenvalue weighted by molar-refractivity contribution is 6.31. The number of carbonyl (C=O) groups is 2. The summed E-state index contributed by atoms with van der Waals surface area (Å²) in [6.45, 7) is 5.01. The van der Waals surface area contributed by atoms with Gasteiger partial charge in [-0.1, -0.05) is 42.5 Å². The number of benzene rings is 2. The summed E-state index contributed by atoms with van der Waals surface area (Å²) in [5, 5.41) is 7.02. The van der Waals surface area contributed by atoms with Crippen molar-refractivity contribution in [1.29, 1.82) is 0 Å². The average Bonchev–Trinajstić information content (AvgIpc) is 2.76. The van der Waals surface area contributed by atoms with Crippen molar-refractivity contribution in [2.75, 3.05) is 26.3 Å². The van der Waals surface area contributed by atoms with E-state index in [-0.39, 0.29) is 25.0 Å². The molecule has 33 heavy (non-hydrogen) atoms. The Morgan fingerprint density at radius 1 is 0.697 bits per heavy atom. The quantitative estimate of drug-likeness (QED) is 0.351. The molecule has 0 fully saturated rings. The first-order valence-corrected chi connectivity index (χ1v) is 11.9. The number of halogens is 2. The van der Waals surface area contributed by atoms with Gasteiger partial charge in [-0.2, -0.15) is 0 Å². The number of aryl methyl sites for hydroxylation is 2. The Morgan fingerprint density at radius 2 is 1.09 bits per heavy atom. The topological polar surface area (TPSA) is 76.7 Å². The first kappa shape index (κ1) is 26.8. The summed E-state index contributed by atoms with van der Waals surface area (Å²) in [5.74, 6) is 1.05. The number of ether oxygens (including phenoxy) is 2. The third-order valence-electron chi connectivity index (χ3n) is 4.99. The van der Waals surface area contributed by atoms with Crippen molar-refractivity contribution in [3.05, 3.63) is 57.6 Å². The van der Waals surface area contributed by atoms with E-state index >= 15 is 0 Å². The Bertz CT molecular complexity index is 848. The van der Waals surface area contributed by atoms with Gasteiger partial charge >= 0.3 is 0 Å². The van der Waals surface area contributed by atoms with Gasteiger partial charge in [0.05, 0.1) is 0 Å². The fourth-order valence-corrected chi connectivity index (χ4v) is 3.63. The van der Waals surface area contributed by atoms with E-state index in [0.717, 1.165) is 43.2 Å². The minimum absolute atomic E-state index is 0.0104. The molecule has 8 heteroatoms. The van der Waals surface area contributed by atoms with Crippen molar-refractivity contribution in [2.45, 2.75) is 46.0 Å². The fraction of sp³-hybridized carbons (Fsp3) is 0.440. The van der Waals surface area contributed by atoms with E-state index in [1.807, 2.05) is 13.8 Å². The summed E-state index contributed by atoms with van der Waals surface area (Å²) in [6.07, 6.45) is 4.90. The van der Waals surface area contributed by atoms with E-state index in [4.69, 9.17) is 32.7 Å². The number of amides is 2. The van der Waals surface area contributed by atoms with Gasteiger partial charge in [0.15, 0.2) is 13.2 Å². The van der Waals surface area contributed by atoms with E-state index in [9.17, 15) is 9.59 Å². The second kappa shape index (κ2) is 14.7. The zero-order valence-corrected chi connectivity index (χ0v) is 20.7. The maximum absolute atomic E-state index is 11.9. The van der Waals surface area contributed by atoms with Crippen molar-refractivity contribution in [2.24, 2.45) is 0 Å². The highest BCUT2D eigenvalue weighted by atomic mass is 35.5. The van der Waals surface area contributed by atoms with Crippen LogP contribution in [0.4, 0.5) is 0 Å². The predicted octanol–water partition coefficient (Wildman–Crippen LogP) is 5.25. The van der Waals surface area contributed by atoms with Crippen molar-refractivity contribution in [3.63, 3.8) is 0 Å². The molecule has 0 atom stereocenters. The van der Waals surface area contributed by atoms with Gasteiger partial charge in [0.2, 0.25) is 0 Å². The molecule has 2 aromatic rings. The fourth-order valence-electron chi connectivity index (χ4n) is 3.17. The Balaban J connectivity index is 1.43. The highest BCUT2D eigenvalue weighted by Crippen LogP contribution is 2.22. The number of nitrogens with one attached hydrogen (secondary N) is 2. The minimum Gasteiger partial charge on any atom is -0.484 e. The normalized spacial score (nSPS) is 10.5. The number of hydrogen-bond acceptors (Lipinski definition) is 4. The predicted molar refractivity (Wildman–Crippen MR) is 132 cm³/mol.